The number of nitrogens with zero attached hydrogens (tertiary/aromatic N) is 2. The Kier molecular flexibility index (Phi) is 6.85. The maximum Gasteiger partial charge on any atom is 0.337 e. The average Bonchev–Trinajstić information content (AvgIpc) is 3.09. The molecule has 152 valence electrons. The van der Waals surface area contributed by atoms with Crippen LogP contribution < -0.4 is 10.1 Å². The monoisotopic (exact) mass is 415 g/mol. The predicted octanol–water partition coefficient (Wildman–Crippen LogP) is 3.21. The fourth-order valence-corrected chi connectivity index (χ4v) is 3.22. The molecule has 1 aliphatic heterocycles. The first-order valence-electron chi connectivity index (χ1n) is 9.19. The third-order valence-electron chi connectivity index (χ3n) is 4.69. The van der Waals surface area contributed by atoms with Crippen LogP contribution in [0, 0.1) is 0 Å². The van der Waals surface area contributed by atoms with Crippen LogP contribution in [0.5, 0.6) is 5.75 Å². The van der Waals surface area contributed by atoms with Gasteiger partial charge in [-0.05, 0) is 67.4 Å². The van der Waals surface area contributed by atoms with Gasteiger partial charge in [-0.15, -0.1) is 12.4 Å². The maximum atomic E-state index is 11.6. The summed E-state index contributed by atoms with van der Waals surface area (Å²) in [7, 11) is 1.34. The lowest BCUT2D eigenvalue weighted by Crippen LogP contribution is -2.16. The SMILES string of the molecule is COC(=O)c1cccc(OCc2noc(-c3ccc4c(c3)CCNCC4)n2)c1.Cl. The number of methoxy groups -OCH3 is 1. The second-order valence-electron chi connectivity index (χ2n) is 6.56. The minimum atomic E-state index is -0.411. The second kappa shape index (κ2) is 9.54. The number of ether oxygens (including phenoxy) is 2. The van der Waals surface area contributed by atoms with E-state index in [0.717, 1.165) is 31.5 Å². The lowest BCUT2D eigenvalue weighted by atomic mass is 10.00. The number of fused-ring (bicyclic) bond motifs is 1. The Labute approximate surface area is 174 Å². The van der Waals surface area contributed by atoms with Crippen molar-refractivity contribution in [2.24, 2.45) is 0 Å². The molecule has 0 atom stereocenters. The van der Waals surface area contributed by atoms with Crippen LogP contribution in [0.25, 0.3) is 11.5 Å². The number of halogens is 1. The summed E-state index contributed by atoms with van der Waals surface area (Å²) in [5.41, 5.74) is 4.01. The first kappa shape index (κ1) is 20.8. The van der Waals surface area contributed by atoms with Crippen molar-refractivity contribution < 1.29 is 18.8 Å². The largest absolute Gasteiger partial charge is 0.485 e. The zero-order valence-electron chi connectivity index (χ0n) is 16.0. The molecule has 29 heavy (non-hydrogen) atoms. The Hall–Kier alpha value is -2.90. The molecule has 1 aliphatic rings. The molecule has 8 heteroatoms. The number of hydrogen-bond acceptors (Lipinski definition) is 7. The van der Waals surface area contributed by atoms with Gasteiger partial charge in [0.2, 0.25) is 5.82 Å². The molecule has 0 bridgehead atoms. The van der Waals surface area contributed by atoms with Crippen LogP contribution in [0.2, 0.25) is 0 Å². The van der Waals surface area contributed by atoms with Gasteiger partial charge >= 0.3 is 5.97 Å². The predicted molar refractivity (Wildman–Crippen MR) is 109 cm³/mol. The molecule has 2 heterocycles. The fourth-order valence-electron chi connectivity index (χ4n) is 3.22. The molecule has 1 N–H and O–H groups in total. The van der Waals surface area contributed by atoms with E-state index in [4.69, 9.17) is 14.0 Å². The van der Waals surface area contributed by atoms with Crippen LogP contribution in [-0.2, 0) is 24.2 Å². The molecule has 0 fully saturated rings. The second-order valence-corrected chi connectivity index (χ2v) is 6.56. The van der Waals surface area contributed by atoms with E-state index in [2.05, 4.69) is 27.6 Å². The summed E-state index contributed by atoms with van der Waals surface area (Å²) >= 11 is 0. The number of benzene rings is 2. The van der Waals surface area contributed by atoms with Crippen LogP contribution in [0.4, 0.5) is 0 Å². The molecule has 0 spiro atoms. The van der Waals surface area contributed by atoms with Crippen LogP contribution in [0.1, 0.15) is 27.3 Å². The molecule has 7 nitrogen and oxygen atoms in total. The number of aromatic nitrogens is 2. The van der Waals surface area contributed by atoms with E-state index in [1.165, 1.54) is 18.2 Å². The van der Waals surface area contributed by atoms with Gasteiger partial charge < -0.3 is 19.3 Å². The minimum Gasteiger partial charge on any atom is -0.485 e. The van der Waals surface area contributed by atoms with E-state index in [-0.39, 0.29) is 19.0 Å². The number of nitrogens with one attached hydrogen (secondary N) is 1. The van der Waals surface area contributed by atoms with Crippen molar-refractivity contribution in [1.82, 2.24) is 15.5 Å². The Balaban J connectivity index is 0.00000240. The number of carbonyl (C=O) groups is 1. The molecule has 0 aliphatic carbocycles. The molecule has 2 aromatic carbocycles. The molecule has 0 radical (unpaired) electrons. The van der Waals surface area contributed by atoms with Crippen molar-refractivity contribution in [3.63, 3.8) is 0 Å². The molecular weight excluding hydrogens is 394 g/mol. The first-order chi connectivity index (χ1) is 13.7. The summed E-state index contributed by atoms with van der Waals surface area (Å²) in [6, 6.07) is 13.0. The lowest BCUT2D eigenvalue weighted by Gasteiger charge is -2.06. The average molecular weight is 416 g/mol. The Morgan fingerprint density at radius 3 is 2.79 bits per heavy atom. The van der Waals surface area contributed by atoms with Crippen LogP contribution in [0.3, 0.4) is 0 Å². The van der Waals surface area contributed by atoms with Gasteiger partial charge in [-0.25, -0.2) is 4.79 Å². The summed E-state index contributed by atoms with van der Waals surface area (Å²) in [5.74, 6) is 1.04. The van der Waals surface area contributed by atoms with Crippen molar-refractivity contribution in [3.8, 4) is 17.2 Å². The molecule has 0 saturated carbocycles. The van der Waals surface area contributed by atoms with Crippen LogP contribution in [0.15, 0.2) is 47.0 Å². The van der Waals surface area contributed by atoms with Crippen LogP contribution >= 0.6 is 12.4 Å². The standard InChI is InChI=1S/C21H21N3O4.ClH/c1-26-21(25)17-3-2-4-18(12-17)27-13-19-23-20(28-24-19)16-6-5-14-7-9-22-10-8-15(14)11-16;/h2-6,11-12,22H,7-10,13H2,1H3;1H. The number of esters is 1. The van der Waals surface area contributed by atoms with Crippen molar-refractivity contribution in [3.05, 3.63) is 65.0 Å². The van der Waals surface area contributed by atoms with E-state index in [1.54, 1.807) is 24.3 Å². The van der Waals surface area contributed by atoms with Crippen molar-refractivity contribution in [1.29, 1.82) is 0 Å². The van der Waals surface area contributed by atoms with Gasteiger partial charge in [0.05, 0.1) is 12.7 Å². The van der Waals surface area contributed by atoms with Gasteiger partial charge in [0.25, 0.3) is 5.89 Å². The van der Waals surface area contributed by atoms with Gasteiger partial charge in [-0.2, -0.15) is 4.98 Å². The van der Waals surface area contributed by atoms with Gasteiger partial charge in [0.1, 0.15) is 5.75 Å². The quantitative estimate of drug-likeness (QED) is 0.640. The van der Waals surface area contributed by atoms with Crippen LogP contribution in [-0.4, -0.2) is 36.3 Å². The van der Waals surface area contributed by atoms with E-state index >= 15 is 0 Å². The summed E-state index contributed by atoms with van der Waals surface area (Å²) < 4.78 is 15.8. The number of hydrogen-bond donors (Lipinski definition) is 1. The first-order valence-corrected chi connectivity index (χ1v) is 9.19. The molecule has 4 rings (SSSR count). The van der Waals surface area contributed by atoms with Gasteiger partial charge in [0, 0.05) is 5.56 Å². The topological polar surface area (TPSA) is 86.5 Å². The summed E-state index contributed by atoms with van der Waals surface area (Å²) in [4.78, 5) is 16.0. The Morgan fingerprint density at radius 2 is 1.97 bits per heavy atom. The highest BCUT2D eigenvalue weighted by Crippen LogP contribution is 2.23. The minimum absolute atomic E-state index is 0. The van der Waals surface area contributed by atoms with Gasteiger partial charge in [-0.3, -0.25) is 0 Å². The lowest BCUT2D eigenvalue weighted by molar-refractivity contribution is 0.0600. The highest BCUT2D eigenvalue weighted by molar-refractivity contribution is 5.89. The number of carbonyl (C=O) groups excluding carboxylic acids is 1. The zero-order chi connectivity index (χ0) is 19.3. The Bertz CT molecular complexity index is 990. The third-order valence-corrected chi connectivity index (χ3v) is 4.69. The highest BCUT2D eigenvalue weighted by atomic mass is 35.5. The summed E-state index contributed by atoms with van der Waals surface area (Å²) in [6.07, 6.45) is 2.02. The van der Waals surface area contributed by atoms with E-state index < -0.39 is 5.97 Å². The zero-order valence-corrected chi connectivity index (χ0v) is 16.8. The fraction of sp³-hybridized carbons (Fsp3) is 0.286. The molecule has 1 aromatic heterocycles. The molecular formula is C21H22ClN3O4. The van der Waals surface area contributed by atoms with Crippen molar-refractivity contribution in [2.75, 3.05) is 20.2 Å². The smallest absolute Gasteiger partial charge is 0.337 e. The summed E-state index contributed by atoms with van der Waals surface area (Å²) in [6.45, 7) is 2.12. The molecule has 0 saturated heterocycles. The number of rotatable bonds is 5. The Morgan fingerprint density at radius 1 is 1.14 bits per heavy atom. The van der Waals surface area contributed by atoms with E-state index in [0.29, 0.717) is 23.0 Å². The van der Waals surface area contributed by atoms with Crippen molar-refractivity contribution >= 4 is 18.4 Å². The maximum absolute atomic E-state index is 11.6. The summed E-state index contributed by atoms with van der Waals surface area (Å²) in [5, 5.41) is 7.40. The normalized spacial score (nSPS) is 13.0. The molecule has 3 aromatic rings. The van der Waals surface area contributed by atoms with E-state index in [1.807, 2.05) is 6.07 Å². The van der Waals surface area contributed by atoms with Gasteiger partial charge in [-0.1, -0.05) is 17.3 Å². The molecule has 0 unspecified atom stereocenters. The van der Waals surface area contributed by atoms with Crippen molar-refractivity contribution in [2.45, 2.75) is 19.4 Å². The highest BCUT2D eigenvalue weighted by Gasteiger charge is 2.14. The third kappa shape index (κ3) is 4.93. The van der Waals surface area contributed by atoms with E-state index in [9.17, 15) is 4.79 Å². The molecule has 0 amide bonds. The van der Waals surface area contributed by atoms with Gasteiger partial charge in [0.15, 0.2) is 6.61 Å².